The molecule has 10 heteroatoms. The zero-order chi connectivity index (χ0) is 21.3. The van der Waals surface area contributed by atoms with Crippen molar-refractivity contribution < 1.29 is 36.2 Å². The number of hydrogen-bond donors (Lipinski definition) is 1. The fourth-order valence-corrected chi connectivity index (χ4v) is 3.06. The molecule has 0 aliphatic heterocycles. The van der Waals surface area contributed by atoms with Crippen molar-refractivity contribution >= 4 is 5.97 Å². The molecule has 1 aromatic heterocycles. The highest BCUT2D eigenvalue weighted by atomic mass is 19.4. The van der Waals surface area contributed by atoms with Crippen molar-refractivity contribution in [3.63, 3.8) is 0 Å². The van der Waals surface area contributed by atoms with Crippen molar-refractivity contribution in [1.82, 2.24) is 4.57 Å². The summed E-state index contributed by atoms with van der Waals surface area (Å²) < 4.78 is 77.9. The van der Waals surface area contributed by atoms with E-state index >= 15 is 0 Å². The minimum Gasteiger partial charge on any atom is -0.481 e. The van der Waals surface area contributed by atoms with Gasteiger partial charge >= 0.3 is 18.3 Å². The maximum absolute atomic E-state index is 12.9. The zero-order valence-corrected chi connectivity index (χ0v) is 14.6. The van der Waals surface area contributed by atoms with Crippen LogP contribution in [0, 0.1) is 17.8 Å². The Morgan fingerprint density at radius 3 is 2.36 bits per heavy atom. The van der Waals surface area contributed by atoms with Crippen molar-refractivity contribution in [2.45, 2.75) is 32.2 Å². The topological polar surface area (TPSA) is 59.3 Å². The first-order chi connectivity index (χ1) is 12.8. The number of pyridine rings is 1. The average Bonchev–Trinajstić information content (AvgIpc) is 2.56. The number of allylic oxidation sites excluding steroid dienone is 4. The summed E-state index contributed by atoms with van der Waals surface area (Å²) in [6.45, 7) is 0.590. The van der Waals surface area contributed by atoms with Gasteiger partial charge in [0.2, 0.25) is 0 Å². The van der Waals surface area contributed by atoms with Gasteiger partial charge in [0, 0.05) is 12.3 Å². The SMILES string of the molecule is C[C@H]([C@H](C(=O)O)C1C=CC(Cn2cc(C(F)(F)F)ccc2=O)=CC1)C(F)(F)F. The van der Waals surface area contributed by atoms with E-state index in [2.05, 4.69) is 0 Å². The van der Waals surface area contributed by atoms with E-state index in [4.69, 9.17) is 0 Å². The van der Waals surface area contributed by atoms with E-state index in [1.54, 1.807) is 0 Å². The summed E-state index contributed by atoms with van der Waals surface area (Å²) in [4.78, 5) is 23.1. The van der Waals surface area contributed by atoms with Crippen LogP contribution in [-0.4, -0.2) is 21.8 Å². The third-order valence-corrected chi connectivity index (χ3v) is 4.67. The monoisotopic (exact) mass is 409 g/mol. The highest BCUT2D eigenvalue weighted by Gasteiger charge is 2.47. The summed E-state index contributed by atoms with van der Waals surface area (Å²) in [5.74, 6) is -6.26. The van der Waals surface area contributed by atoms with Crippen LogP contribution in [0.5, 0.6) is 0 Å². The Balaban J connectivity index is 2.18. The number of nitrogens with zero attached hydrogens (tertiary/aromatic N) is 1. The molecule has 0 amide bonds. The molecule has 0 spiro atoms. The van der Waals surface area contributed by atoms with Crippen LogP contribution in [0.15, 0.2) is 46.9 Å². The van der Waals surface area contributed by atoms with Crippen molar-refractivity contribution in [3.8, 4) is 0 Å². The minimum atomic E-state index is -4.67. The first-order valence-electron chi connectivity index (χ1n) is 8.25. The van der Waals surface area contributed by atoms with E-state index in [1.807, 2.05) is 0 Å². The van der Waals surface area contributed by atoms with Crippen molar-refractivity contribution in [1.29, 1.82) is 0 Å². The van der Waals surface area contributed by atoms with E-state index in [9.17, 15) is 41.0 Å². The van der Waals surface area contributed by atoms with Crippen LogP contribution in [0.25, 0.3) is 0 Å². The summed E-state index contributed by atoms with van der Waals surface area (Å²) in [7, 11) is 0. The quantitative estimate of drug-likeness (QED) is 0.739. The van der Waals surface area contributed by atoms with Gasteiger partial charge in [-0.25, -0.2) is 0 Å². The summed E-state index contributed by atoms with van der Waals surface area (Å²) in [5, 5.41) is 9.20. The average molecular weight is 409 g/mol. The first kappa shape index (κ1) is 21.8. The standard InChI is InChI=1S/C18H17F6NO3/c1-10(17(19,20)21)15(16(27)28)12-4-2-11(3-5-12)8-25-9-13(18(22,23)24)6-7-14(25)26/h2-4,6-7,9-10,12,15H,5,8H2,1H3,(H,27,28)/t10-,12?,15+/m1/s1. The molecule has 1 aromatic rings. The molecule has 1 aliphatic carbocycles. The fraction of sp³-hybridized carbons (Fsp3) is 0.444. The molecule has 0 bridgehead atoms. The molecular weight excluding hydrogens is 392 g/mol. The summed E-state index contributed by atoms with van der Waals surface area (Å²) in [6, 6.07) is 1.44. The number of carboxylic acid groups (broad SMARTS) is 1. The lowest BCUT2D eigenvalue weighted by Crippen LogP contribution is -2.37. The number of halogens is 6. The molecule has 2 rings (SSSR count). The van der Waals surface area contributed by atoms with Gasteiger partial charge in [0.15, 0.2) is 0 Å². The largest absolute Gasteiger partial charge is 0.481 e. The Bertz CT molecular complexity index is 850. The van der Waals surface area contributed by atoms with Crippen LogP contribution in [0.3, 0.4) is 0 Å². The summed E-state index contributed by atoms with van der Waals surface area (Å²) >= 11 is 0. The number of alkyl halides is 6. The van der Waals surface area contributed by atoms with E-state index < -0.39 is 47.2 Å². The molecular formula is C18H17F6NO3. The third kappa shape index (κ3) is 5.05. The van der Waals surface area contributed by atoms with Crippen LogP contribution in [-0.2, 0) is 17.5 Å². The second-order valence-electron chi connectivity index (χ2n) is 6.61. The Labute approximate surface area is 155 Å². The summed E-state index contributed by atoms with van der Waals surface area (Å²) in [6.07, 6.45) is -4.58. The Morgan fingerprint density at radius 1 is 1.25 bits per heavy atom. The van der Waals surface area contributed by atoms with Crippen molar-refractivity contribution in [3.05, 3.63) is 58.0 Å². The van der Waals surface area contributed by atoms with E-state index in [0.717, 1.165) is 17.6 Å². The number of carboxylic acids is 1. The molecule has 0 fully saturated rings. The van der Waals surface area contributed by atoms with E-state index in [-0.39, 0.29) is 13.0 Å². The van der Waals surface area contributed by atoms with Crippen molar-refractivity contribution in [2.24, 2.45) is 17.8 Å². The molecule has 1 aliphatic rings. The van der Waals surface area contributed by atoms with Crippen LogP contribution in [0.2, 0.25) is 0 Å². The fourth-order valence-electron chi connectivity index (χ4n) is 3.06. The van der Waals surface area contributed by atoms with Crippen LogP contribution in [0.4, 0.5) is 26.3 Å². The molecule has 1 unspecified atom stereocenters. The number of carbonyl (C=O) groups is 1. The van der Waals surface area contributed by atoms with Crippen LogP contribution >= 0.6 is 0 Å². The van der Waals surface area contributed by atoms with Gasteiger partial charge in [0.1, 0.15) is 0 Å². The lowest BCUT2D eigenvalue weighted by molar-refractivity contribution is -0.195. The third-order valence-electron chi connectivity index (χ3n) is 4.67. The van der Waals surface area contributed by atoms with Gasteiger partial charge in [-0.3, -0.25) is 9.59 Å². The molecule has 4 nitrogen and oxygen atoms in total. The van der Waals surface area contributed by atoms with Crippen LogP contribution < -0.4 is 5.56 Å². The van der Waals surface area contributed by atoms with Gasteiger partial charge < -0.3 is 9.67 Å². The Kier molecular flexibility index (Phi) is 6.10. The van der Waals surface area contributed by atoms with Gasteiger partial charge in [0.25, 0.3) is 5.56 Å². The second kappa shape index (κ2) is 7.84. The number of hydrogen-bond acceptors (Lipinski definition) is 2. The lowest BCUT2D eigenvalue weighted by Gasteiger charge is -2.29. The van der Waals surface area contributed by atoms with Gasteiger partial charge in [-0.05, 0) is 24.0 Å². The maximum Gasteiger partial charge on any atom is 0.417 e. The Morgan fingerprint density at radius 2 is 1.89 bits per heavy atom. The second-order valence-corrected chi connectivity index (χ2v) is 6.61. The minimum absolute atomic E-state index is 0.0308. The van der Waals surface area contributed by atoms with Crippen LogP contribution in [0.1, 0.15) is 18.9 Å². The van der Waals surface area contributed by atoms with Gasteiger partial charge in [0.05, 0.1) is 23.9 Å². The first-order valence-corrected chi connectivity index (χ1v) is 8.25. The molecule has 0 radical (unpaired) electrons. The Hall–Kier alpha value is -2.52. The molecule has 0 aromatic carbocycles. The highest BCUT2D eigenvalue weighted by Crippen LogP contribution is 2.38. The van der Waals surface area contributed by atoms with Gasteiger partial charge in [-0.1, -0.05) is 25.2 Å². The molecule has 154 valence electrons. The van der Waals surface area contributed by atoms with E-state index in [1.165, 1.54) is 18.2 Å². The normalized spacial score (nSPS) is 19.8. The van der Waals surface area contributed by atoms with Crippen molar-refractivity contribution in [2.75, 3.05) is 0 Å². The molecule has 1 N–H and O–H groups in total. The highest BCUT2D eigenvalue weighted by molar-refractivity contribution is 5.71. The summed E-state index contributed by atoms with van der Waals surface area (Å²) in [5.41, 5.74) is -1.27. The molecule has 1 heterocycles. The smallest absolute Gasteiger partial charge is 0.417 e. The number of aromatic nitrogens is 1. The molecule has 0 saturated heterocycles. The van der Waals surface area contributed by atoms with E-state index in [0.29, 0.717) is 17.8 Å². The molecule has 3 atom stereocenters. The molecule has 28 heavy (non-hydrogen) atoms. The number of aliphatic carboxylic acids is 1. The zero-order valence-electron chi connectivity index (χ0n) is 14.6. The number of rotatable bonds is 5. The lowest BCUT2D eigenvalue weighted by atomic mass is 9.78. The predicted molar refractivity (Wildman–Crippen MR) is 87.4 cm³/mol. The van der Waals surface area contributed by atoms with Gasteiger partial charge in [-0.2, -0.15) is 26.3 Å². The predicted octanol–water partition coefficient (Wildman–Crippen LogP) is 4.27. The molecule has 0 saturated carbocycles. The maximum atomic E-state index is 12.9. The van der Waals surface area contributed by atoms with Gasteiger partial charge in [-0.15, -0.1) is 0 Å².